The molecule has 0 spiro atoms. The van der Waals surface area contributed by atoms with E-state index in [9.17, 15) is 9.18 Å². The molecule has 1 N–H and O–H groups in total. The van der Waals surface area contributed by atoms with Gasteiger partial charge in [0.25, 0.3) is 0 Å². The molecule has 1 amide bonds. The van der Waals surface area contributed by atoms with Crippen LogP contribution in [0.4, 0.5) is 10.1 Å². The Balaban J connectivity index is 1.64. The molecule has 0 aliphatic carbocycles. The summed E-state index contributed by atoms with van der Waals surface area (Å²) in [5.41, 5.74) is 1.51. The van der Waals surface area contributed by atoms with Crippen molar-refractivity contribution in [3.05, 3.63) is 58.9 Å². The minimum absolute atomic E-state index is 0.0397. The van der Waals surface area contributed by atoms with Gasteiger partial charge in [0, 0.05) is 13.1 Å². The number of para-hydroxylation sites is 1. The number of halogens is 2. The third-order valence-corrected chi connectivity index (χ3v) is 4.98. The number of hydrogen-bond acceptors (Lipinski definition) is 3. The number of piperidine rings is 1. The van der Waals surface area contributed by atoms with Crippen LogP contribution in [0.5, 0.6) is 5.75 Å². The second-order valence-electron chi connectivity index (χ2n) is 6.74. The number of likely N-dealkylation sites (tertiary alicyclic amines) is 1. The quantitative estimate of drug-likeness (QED) is 0.775. The van der Waals surface area contributed by atoms with Crippen molar-refractivity contribution in [2.45, 2.75) is 26.3 Å². The van der Waals surface area contributed by atoms with Gasteiger partial charge in [-0.1, -0.05) is 29.8 Å². The van der Waals surface area contributed by atoms with Gasteiger partial charge in [-0.2, -0.15) is 0 Å². The monoisotopic (exact) mass is 390 g/mol. The topological polar surface area (TPSA) is 41.6 Å². The lowest BCUT2D eigenvalue weighted by Crippen LogP contribution is -2.40. The molecule has 144 valence electrons. The van der Waals surface area contributed by atoms with Gasteiger partial charge >= 0.3 is 0 Å². The maximum Gasteiger partial charge on any atom is 0.228 e. The predicted molar refractivity (Wildman–Crippen MR) is 106 cm³/mol. The SMILES string of the molecule is CCOc1c(Cl)cccc1NC(=O)C1CCCN(Cc2cccc(F)c2)C1. The number of hydrogen-bond donors (Lipinski definition) is 1. The number of rotatable bonds is 6. The normalized spacial score (nSPS) is 17.5. The summed E-state index contributed by atoms with van der Waals surface area (Å²) < 4.78 is 19.0. The van der Waals surface area contributed by atoms with E-state index in [1.54, 1.807) is 30.3 Å². The Morgan fingerprint density at radius 1 is 1.33 bits per heavy atom. The van der Waals surface area contributed by atoms with Gasteiger partial charge < -0.3 is 10.1 Å². The molecule has 4 nitrogen and oxygen atoms in total. The van der Waals surface area contributed by atoms with Gasteiger partial charge in [-0.25, -0.2) is 4.39 Å². The molecule has 1 saturated heterocycles. The van der Waals surface area contributed by atoms with E-state index in [-0.39, 0.29) is 17.6 Å². The van der Waals surface area contributed by atoms with Gasteiger partial charge in [-0.3, -0.25) is 9.69 Å². The molecule has 1 fully saturated rings. The van der Waals surface area contributed by atoms with Gasteiger partial charge in [-0.15, -0.1) is 0 Å². The van der Waals surface area contributed by atoms with E-state index in [1.165, 1.54) is 6.07 Å². The standard InChI is InChI=1S/C21H24ClFN2O2/c1-2-27-20-18(22)9-4-10-19(20)24-21(26)16-7-5-11-25(14-16)13-15-6-3-8-17(23)12-15/h3-4,6,8-10,12,16H,2,5,7,11,13-14H2,1H3,(H,24,26). The molecule has 27 heavy (non-hydrogen) atoms. The molecule has 1 aliphatic rings. The Kier molecular flexibility index (Phi) is 6.69. The molecule has 1 unspecified atom stereocenters. The second kappa shape index (κ2) is 9.20. The average Bonchev–Trinajstić information content (AvgIpc) is 2.65. The van der Waals surface area contributed by atoms with Gasteiger partial charge in [0.2, 0.25) is 5.91 Å². The van der Waals surface area contributed by atoms with E-state index >= 15 is 0 Å². The third-order valence-electron chi connectivity index (χ3n) is 4.69. The molecule has 0 bridgehead atoms. The first-order chi connectivity index (χ1) is 13.1. The van der Waals surface area contributed by atoms with Crippen LogP contribution in [0.3, 0.4) is 0 Å². The zero-order valence-corrected chi connectivity index (χ0v) is 16.1. The average molecular weight is 391 g/mol. The van der Waals surface area contributed by atoms with Crippen LogP contribution in [-0.2, 0) is 11.3 Å². The zero-order valence-electron chi connectivity index (χ0n) is 15.4. The number of carbonyl (C=O) groups excluding carboxylic acids is 1. The maximum atomic E-state index is 13.4. The van der Waals surface area contributed by atoms with E-state index in [0.717, 1.165) is 24.9 Å². The fraction of sp³-hybridized carbons (Fsp3) is 0.381. The fourth-order valence-electron chi connectivity index (χ4n) is 3.44. The van der Waals surface area contributed by atoms with Crippen molar-refractivity contribution in [1.29, 1.82) is 0 Å². The molecule has 1 heterocycles. The summed E-state index contributed by atoms with van der Waals surface area (Å²) in [6.07, 6.45) is 1.76. The van der Waals surface area contributed by atoms with Crippen molar-refractivity contribution >= 4 is 23.2 Å². The van der Waals surface area contributed by atoms with E-state index < -0.39 is 0 Å². The number of nitrogens with zero attached hydrogens (tertiary/aromatic N) is 1. The molecular formula is C21H24ClFN2O2. The molecule has 0 radical (unpaired) electrons. The molecule has 2 aromatic carbocycles. The van der Waals surface area contributed by atoms with Crippen molar-refractivity contribution in [3.8, 4) is 5.75 Å². The van der Waals surface area contributed by atoms with Crippen molar-refractivity contribution in [1.82, 2.24) is 4.90 Å². The predicted octanol–water partition coefficient (Wildman–Crippen LogP) is 4.73. The molecule has 2 aromatic rings. The van der Waals surface area contributed by atoms with E-state index in [4.69, 9.17) is 16.3 Å². The molecule has 0 saturated carbocycles. The molecule has 1 aliphatic heterocycles. The van der Waals surface area contributed by atoms with Gasteiger partial charge in [0.05, 0.1) is 23.2 Å². The lowest BCUT2D eigenvalue weighted by molar-refractivity contribution is -0.121. The smallest absolute Gasteiger partial charge is 0.228 e. The first-order valence-electron chi connectivity index (χ1n) is 9.25. The Hall–Kier alpha value is -2.11. The summed E-state index contributed by atoms with van der Waals surface area (Å²) in [6.45, 7) is 4.54. The van der Waals surface area contributed by atoms with Gasteiger partial charge in [0.15, 0.2) is 5.75 Å². The molecule has 6 heteroatoms. The Morgan fingerprint density at radius 2 is 2.15 bits per heavy atom. The van der Waals surface area contributed by atoms with E-state index in [1.807, 2.05) is 13.0 Å². The number of benzene rings is 2. The van der Waals surface area contributed by atoms with Crippen LogP contribution >= 0.6 is 11.6 Å². The van der Waals surface area contributed by atoms with Crippen LogP contribution in [-0.4, -0.2) is 30.5 Å². The van der Waals surface area contributed by atoms with Gasteiger partial charge in [-0.05, 0) is 56.1 Å². The summed E-state index contributed by atoms with van der Waals surface area (Å²) in [6, 6.07) is 11.9. The van der Waals surface area contributed by atoms with Gasteiger partial charge in [0.1, 0.15) is 5.82 Å². The Labute approximate surface area is 164 Å². The summed E-state index contributed by atoms with van der Waals surface area (Å²) in [7, 11) is 0. The number of amides is 1. The first kappa shape index (κ1) is 19.6. The Bertz CT molecular complexity index is 800. The van der Waals surface area contributed by atoms with Crippen molar-refractivity contribution < 1.29 is 13.9 Å². The largest absolute Gasteiger partial charge is 0.490 e. The highest BCUT2D eigenvalue weighted by molar-refractivity contribution is 6.32. The summed E-state index contributed by atoms with van der Waals surface area (Å²) in [5.74, 6) is 0.105. The fourth-order valence-corrected chi connectivity index (χ4v) is 3.67. The maximum absolute atomic E-state index is 13.4. The highest BCUT2D eigenvalue weighted by Crippen LogP contribution is 2.33. The number of nitrogens with one attached hydrogen (secondary N) is 1. The van der Waals surface area contributed by atoms with Crippen LogP contribution in [0.1, 0.15) is 25.3 Å². The minimum Gasteiger partial charge on any atom is -0.490 e. The lowest BCUT2D eigenvalue weighted by atomic mass is 9.96. The van der Waals surface area contributed by atoms with Crippen LogP contribution in [0.25, 0.3) is 0 Å². The first-order valence-corrected chi connectivity index (χ1v) is 9.63. The van der Waals surface area contributed by atoms with Crippen LogP contribution < -0.4 is 10.1 Å². The number of anilines is 1. The van der Waals surface area contributed by atoms with Crippen LogP contribution in [0.2, 0.25) is 5.02 Å². The van der Waals surface area contributed by atoms with Crippen LogP contribution in [0.15, 0.2) is 42.5 Å². The van der Waals surface area contributed by atoms with E-state index in [0.29, 0.717) is 36.2 Å². The molecular weight excluding hydrogens is 367 g/mol. The second-order valence-corrected chi connectivity index (χ2v) is 7.15. The van der Waals surface area contributed by atoms with Crippen molar-refractivity contribution in [2.75, 3.05) is 25.0 Å². The molecule has 1 atom stereocenters. The number of ether oxygens (including phenoxy) is 1. The van der Waals surface area contributed by atoms with Crippen molar-refractivity contribution in [2.24, 2.45) is 5.92 Å². The minimum atomic E-state index is -0.233. The number of carbonyl (C=O) groups is 1. The Morgan fingerprint density at radius 3 is 2.93 bits per heavy atom. The van der Waals surface area contributed by atoms with Crippen molar-refractivity contribution in [3.63, 3.8) is 0 Å². The lowest BCUT2D eigenvalue weighted by Gasteiger charge is -2.32. The molecule has 0 aromatic heterocycles. The highest BCUT2D eigenvalue weighted by atomic mass is 35.5. The summed E-state index contributed by atoms with van der Waals surface area (Å²) in [4.78, 5) is 15.0. The highest BCUT2D eigenvalue weighted by Gasteiger charge is 2.26. The third kappa shape index (κ3) is 5.21. The van der Waals surface area contributed by atoms with Crippen LogP contribution in [0, 0.1) is 11.7 Å². The summed E-state index contributed by atoms with van der Waals surface area (Å²) >= 11 is 6.19. The summed E-state index contributed by atoms with van der Waals surface area (Å²) in [5, 5.41) is 3.44. The van der Waals surface area contributed by atoms with E-state index in [2.05, 4.69) is 10.2 Å². The zero-order chi connectivity index (χ0) is 19.2. The molecule has 3 rings (SSSR count).